The van der Waals surface area contributed by atoms with Crippen LogP contribution in [0.4, 0.5) is 4.39 Å². The van der Waals surface area contributed by atoms with Crippen LogP contribution in [0.25, 0.3) is 10.2 Å². The van der Waals surface area contributed by atoms with Crippen LogP contribution in [0, 0.1) is 11.7 Å². The average molecular weight is 491 g/mol. The Morgan fingerprint density at radius 2 is 1.85 bits per heavy atom. The second-order valence-electron chi connectivity index (χ2n) is 9.15. The fraction of sp³-hybridized carbons (Fsp3) is 0.417. The molecule has 0 spiro atoms. The quantitative estimate of drug-likeness (QED) is 0.517. The van der Waals surface area contributed by atoms with Gasteiger partial charge in [-0.2, -0.15) is 0 Å². The lowest BCUT2D eigenvalue weighted by Gasteiger charge is -2.39. The van der Waals surface area contributed by atoms with Crippen LogP contribution < -0.4 is 0 Å². The largest absolute Gasteiger partial charge is 0.390 e. The highest BCUT2D eigenvalue weighted by Gasteiger charge is 2.34. The Morgan fingerprint density at radius 3 is 2.48 bits per heavy atom. The Labute approximate surface area is 197 Å². The Kier molecular flexibility index (Phi) is 6.57. The van der Waals surface area contributed by atoms with Crippen LogP contribution in [0.5, 0.6) is 0 Å². The first kappa shape index (κ1) is 23.8. The van der Waals surface area contributed by atoms with Crippen molar-refractivity contribution in [2.75, 3.05) is 13.1 Å². The molecule has 176 valence electrons. The summed E-state index contributed by atoms with van der Waals surface area (Å²) in [7, 11) is -3.75. The molecule has 1 aliphatic heterocycles. The highest BCUT2D eigenvalue weighted by molar-refractivity contribution is 7.90. The van der Waals surface area contributed by atoms with Gasteiger partial charge in [0.25, 0.3) is 5.91 Å². The number of likely N-dealkylation sites (tertiary alicyclic amines) is 1. The maximum atomic E-state index is 13.9. The Morgan fingerprint density at radius 1 is 1.18 bits per heavy atom. The van der Waals surface area contributed by atoms with Gasteiger partial charge in [0.1, 0.15) is 11.3 Å². The minimum atomic E-state index is -3.75. The molecular weight excluding hydrogens is 463 g/mol. The molecule has 0 aliphatic carbocycles. The van der Waals surface area contributed by atoms with E-state index in [0.717, 1.165) is 23.8 Å². The van der Waals surface area contributed by atoms with Crippen molar-refractivity contribution in [3.8, 4) is 0 Å². The minimum Gasteiger partial charge on any atom is -0.390 e. The fourth-order valence-electron chi connectivity index (χ4n) is 4.46. The van der Waals surface area contributed by atoms with Crippen LogP contribution in [0.3, 0.4) is 0 Å². The molecule has 0 atom stereocenters. The number of aromatic nitrogens is 1. The van der Waals surface area contributed by atoms with Gasteiger partial charge >= 0.3 is 0 Å². The third kappa shape index (κ3) is 5.10. The van der Waals surface area contributed by atoms with Crippen molar-refractivity contribution >= 4 is 37.3 Å². The first-order chi connectivity index (χ1) is 15.6. The number of halogens is 1. The number of amides is 1. The second-order valence-corrected chi connectivity index (χ2v) is 12.0. The van der Waals surface area contributed by atoms with E-state index in [9.17, 15) is 22.7 Å². The monoisotopic (exact) mass is 490 g/mol. The number of piperidine rings is 1. The van der Waals surface area contributed by atoms with Gasteiger partial charge in [0.15, 0.2) is 9.84 Å². The standard InChI is InChI=1S/C24H27FN2O4S2/c1-16(2)13-24(29)9-11-27(12-10-24)23(28)18-5-3-17(4-6-18)14-33(30,31)20-8-7-19(25)22-21(20)26-15-32-22/h3-8,15-16,29H,9-14H2,1-2H3. The van der Waals surface area contributed by atoms with Gasteiger partial charge in [0.05, 0.1) is 26.5 Å². The van der Waals surface area contributed by atoms with Crippen molar-refractivity contribution < 1.29 is 22.7 Å². The number of carbonyl (C=O) groups excluding carboxylic acids is 1. The molecule has 2 aromatic carbocycles. The van der Waals surface area contributed by atoms with E-state index < -0.39 is 21.3 Å². The number of fused-ring (bicyclic) bond motifs is 1. The zero-order valence-corrected chi connectivity index (χ0v) is 20.3. The lowest BCUT2D eigenvalue weighted by Crippen LogP contribution is -2.47. The highest BCUT2D eigenvalue weighted by Crippen LogP contribution is 2.31. The molecule has 33 heavy (non-hydrogen) atoms. The Bertz CT molecular complexity index is 1260. The van der Waals surface area contributed by atoms with Gasteiger partial charge in [0, 0.05) is 18.7 Å². The summed E-state index contributed by atoms with van der Waals surface area (Å²) in [5, 5.41) is 10.7. The normalized spacial score (nSPS) is 16.5. The van der Waals surface area contributed by atoms with E-state index in [0.29, 0.717) is 43.0 Å². The lowest BCUT2D eigenvalue weighted by molar-refractivity contribution is -0.0311. The van der Waals surface area contributed by atoms with Gasteiger partial charge in [-0.15, -0.1) is 11.3 Å². The molecule has 1 amide bonds. The number of carbonyl (C=O) groups is 1. The van der Waals surface area contributed by atoms with Crippen LogP contribution in [0.1, 0.15) is 49.0 Å². The average Bonchev–Trinajstić information content (AvgIpc) is 3.24. The predicted octanol–water partition coefficient (Wildman–Crippen LogP) is 4.42. The molecule has 1 fully saturated rings. The van der Waals surface area contributed by atoms with Gasteiger partial charge < -0.3 is 10.0 Å². The van der Waals surface area contributed by atoms with Crippen LogP contribution in [-0.4, -0.2) is 48.0 Å². The van der Waals surface area contributed by atoms with E-state index in [1.807, 2.05) is 0 Å². The number of aliphatic hydroxyl groups is 1. The van der Waals surface area contributed by atoms with Gasteiger partial charge in [-0.05, 0) is 55.0 Å². The Hall–Kier alpha value is -2.36. The first-order valence-electron chi connectivity index (χ1n) is 10.9. The van der Waals surface area contributed by atoms with E-state index in [1.54, 1.807) is 29.2 Å². The zero-order valence-electron chi connectivity index (χ0n) is 18.6. The summed E-state index contributed by atoms with van der Waals surface area (Å²) >= 11 is 1.06. The summed E-state index contributed by atoms with van der Waals surface area (Å²) in [6.45, 7) is 5.14. The van der Waals surface area contributed by atoms with E-state index in [2.05, 4.69) is 18.8 Å². The molecule has 0 saturated carbocycles. The van der Waals surface area contributed by atoms with Crippen molar-refractivity contribution in [1.29, 1.82) is 0 Å². The van der Waals surface area contributed by atoms with Crippen LogP contribution in [0.2, 0.25) is 0 Å². The van der Waals surface area contributed by atoms with Crippen LogP contribution in [-0.2, 0) is 15.6 Å². The molecule has 3 aromatic rings. The summed E-state index contributed by atoms with van der Waals surface area (Å²) in [5.74, 6) is -0.498. The molecule has 0 unspecified atom stereocenters. The van der Waals surface area contributed by atoms with E-state index in [4.69, 9.17) is 0 Å². The Balaban J connectivity index is 1.45. The van der Waals surface area contributed by atoms with E-state index >= 15 is 0 Å². The summed E-state index contributed by atoms with van der Waals surface area (Å²) in [6.07, 6.45) is 1.82. The molecule has 1 aliphatic rings. The predicted molar refractivity (Wildman–Crippen MR) is 126 cm³/mol. The molecule has 1 saturated heterocycles. The number of thiazole rings is 1. The molecule has 1 aromatic heterocycles. The maximum absolute atomic E-state index is 13.9. The van der Waals surface area contributed by atoms with Crippen molar-refractivity contribution in [3.05, 3.63) is 58.9 Å². The number of rotatable bonds is 6. The molecule has 2 heterocycles. The van der Waals surface area contributed by atoms with E-state index in [1.165, 1.54) is 11.6 Å². The van der Waals surface area contributed by atoms with Crippen molar-refractivity contribution in [1.82, 2.24) is 9.88 Å². The second kappa shape index (κ2) is 9.12. The van der Waals surface area contributed by atoms with Gasteiger partial charge in [-0.1, -0.05) is 26.0 Å². The highest BCUT2D eigenvalue weighted by atomic mass is 32.2. The van der Waals surface area contributed by atoms with Gasteiger partial charge in [0.2, 0.25) is 0 Å². The molecule has 0 bridgehead atoms. The topological polar surface area (TPSA) is 87.6 Å². The van der Waals surface area contributed by atoms with Crippen LogP contribution >= 0.6 is 11.3 Å². The van der Waals surface area contributed by atoms with Gasteiger partial charge in [-0.3, -0.25) is 4.79 Å². The summed E-state index contributed by atoms with van der Waals surface area (Å²) < 4.78 is 40.1. The lowest BCUT2D eigenvalue weighted by atomic mass is 9.84. The SMILES string of the molecule is CC(C)CC1(O)CCN(C(=O)c2ccc(CS(=O)(=O)c3ccc(F)c4scnc34)cc2)CC1. The zero-order chi connectivity index (χ0) is 23.8. The fourth-order valence-corrected chi connectivity index (χ4v) is 6.75. The molecule has 6 nitrogen and oxygen atoms in total. The number of hydrogen-bond donors (Lipinski definition) is 1. The van der Waals surface area contributed by atoms with Crippen molar-refractivity contribution in [2.45, 2.75) is 49.4 Å². The summed E-state index contributed by atoms with van der Waals surface area (Å²) in [4.78, 5) is 18.7. The smallest absolute Gasteiger partial charge is 0.253 e. The number of hydrogen-bond acceptors (Lipinski definition) is 6. The maximum Gasteiger partial charge on any atom is 0.253 e. The summed E-state index contributed by atoms with van der Waals surface area (Å²) in [5.41, 5.74) is 1.87. The first-order valence-corrected chi connectivity index (χ1v) is 13.5. The number of sulfone groups is 1. The number of benzene rings is 2. The molecule has 4 rings (SSSR count). The van der Waals surface area contributed by atoms with Crippen molar-refractivity contribution in [3.63, 3.8) is 0 Å². The third-order valence-corrected chi connectivity index (χ3v) is 8.61. The summed E-state index contributed by atoms with van der Waals surface area (Å²) in [6, 6.07) is 8.92. The van der Waals surface area contributed by atoms with E-state index in [-0.39, 0.29) is 26.8 Å². The third-order valence-electron chi connectivity index (χ3n) is 6.06. The number of nitrogens with zero attached hydrogens (tertiary/aromatic N) is 2. The molecule has 1 N–H and O–H groups in total. The van der Waals surface area contributed by atoms with Crippen molar-refractivity contribution in [2.24, 2.45) is 5.92 Å². The minimum absolute atomic E-state index is 0.00232. The molecular formula is C24H27FN2O4S2. The van der Waals surface area contributed by atoms with Gasteiger partial charge in [-0.25, -0.2) is 17.8 Å². The molecule has 0 radical (unpaired) electrons. The van der Waals surface area contributed by atoms with Crippen LogP contribution in [0.15, 0.2) is 46.8 Å². The molecule has 9 heteroatoms.